The van der Waals surface area contributed by atoms with E-state index in [-0.39, 0.29) is 58.8 Å². The van der Waals surface area contributed by atoms with Gasteiger partial charge in [0.1, 0.15) is 11.6 Å². The molecule has 0 spiro atoms. The van der Waals surface area contributed by atoms with Crippen LogP contribution in [0.25, 0.3) is 0 Å². The van der Waals surface area contributed by atoms with E-state index in [1.54, 1.807) is 11.8 Å². The van der Waals surface area contributed by atoms with E-state index in [0.717, 1.165) is 0 Å². The minimum absolute atomic E-state index is 0. The van der Waals surface area contributed by atoms with E-state index in [4.69, 9.17) is 0 Å². The number of nitrogens with one attached hydrogen (secondary N) is 3. The van der Waals surface area contributed by atoms with Gasteiger partial charge in [0.2, 0.25) is 11.8 Å². The molecule has 1 aliphatic rings. The van der Waals surface area contributed by atoms with Crippen molar-refractivity contribution in [2.24, 2.45) is 0 Å². The van der Waals surface area contributed by atoms with Crippen LogP contribution in [-0.2, 0) is 16.1 Å². The van der Waals surface area contributed by atoms with Crippen molar-refractivity contribution in [1.29, 1.82) is 0 Å². The zero-order chi connectivity index (χ0) is 24.2. The molecule has 0 radical (unpaired) electrons. The Kier molecular flexibility index (Phi) is 7.42. The minimum atomic E-state index is -3.05. The molecule has 33 heavy (non-hydrogen) atoms. The quantitative estimate of drug-likeness (QED) is 0.515. The van der Waals surface area contributed by atoms with Gasteiger partial charge >= 0.3 is 0 Å². The topological polar surface area (TPSA) is 127 Å². The lowest BCUT2D eigenvalue weighted by molar-refractivity contribution is -0.121. The Balaban J connectivity index is 0.00000408. The number of aromatic hydroxyl groups is 1. The molecular weight excluding hydrogens is 436 g/mol. The molecule has 2 aromatic heterocycles. The molecule has 2 amide bonds. The van der Waals surface area contributed by atoms with Crippen molar-refractivity contribution in [1.82, 2.24) is 20.2 Å². The zero-order valence-corrected chi connectivity index (χ0v) is 18.4. The Morgan fingerprint density at radius 3 is 2.85 bits per heavy atom. The normalized spacial score (nSPS) is 19.3. The number of halogens is 2. The molecule has 1 fully saturated rings. The molecule has 0 saturated carbocycles. The smallest absolute Gasteiger partial charge is 0.256 e. The van der Waals surface area contributed by atoms with Crippen LogP contribution in [0, 0.1) is 0 Å². The van der Waals surface area contributed by atoms with Crippen molar-refractivity contribution in [2.75, 3.05) is 18.4 Å². The van der Waals surface area contributed by atoms with Crippen LogP contribution in [0.1, 0.15) is 48.0 Å². The summed E-state index contributed by atoms with van der Waals surface area (Å²) >= 11 is 0. The summed E-state index contributed by atoms with van der Waals surface area (Å²) in [5.74, 6) is -4.86. The first-order valence-corrected chi connectivity index (χ1v) is 10.6. The molecule has 1 aliphatic heterocycles. The number of pyridine rings is 2. The lowest BCUT2D eigenvalue weighted by atomic mass is 9.90. The van der Waals surface area contributed by atoms with E-state index in [1.165, 1.54) is 37.5 Å². The van der Waals surface area contributed by atoms with Gasteiger partial charge in [-0.1, -0.05) is 0 Å². The largest absolute Gasteiger partial charge is 0.506 e. The summed E-state index contributed by atoms with van der Waals surface area (Å²) in [6, 6.07) is 3.49. The first kappa shape index (κ1) is 24.3. The van der Waals surface area contributed by atoms with Crippen LogP contribution in [-0.4, -0.2) is 56.8 Å². The van der Waals surface area contributed by atoms with Crippen molar-refractivity contribution < 1.29 is 27.8 Å². The first-order valence-electron chi connectivity index (χ1n) is 10.6. The van der Waals surface area contributed by atoms with Crippen LogP contribution in [0.5, 0.6) is 5.75 Å². The van der Waals surface area contributed by atoms with E-state index in [1.807, 2.05) is 0 Å². The maximum Gasteiger partial charge on any atom is 0.256 e. The molecule has 4 N–H and O–H groups in total. The highest BCUT2D eigenvalue weighted by molar-refractivity contribution is 5.93. The predicted octanol–water partition coefficient (Wildman–Crippen LogP) is 2.69. The zero-order valence-electron chi connectivity index (χ0n) is 18.4. The molecular formula is C22H33F2N5O4. The average molecular weight is 470 g/mol. The van der Waals surface area contributed by atoms with Crippen molar-refractivity contribution in [3.8, 4) is 5.75 Å². The SMILES string of the molecule is CC(=O)NCc1cc([C@H]2CN([C@@H](C)C(=O)Nc3ccc(O)cn3)CCCC2(F)F)c[nH]c1=O.[HH].[HH].[HH]. The Morgan fingerprint density at radius 2 is 2.18 bits per heavy atom. The number of aromatic nitrogens is 2. The summed E-state index contributed by atoms with van der Waals surface area (Å²) in [5, 5.41) is 14.5. The van der Waals surface area contributed by atoms with Gasteiger partial charge in [0.25, 0.3) is 11.5 Å². The highest BCUT2D eigenvalue weighted by atomic mass is 19.3. The number of likely N-dealkylation sites (tertiary alicyclic amines) is 1. The molecule has 2 aromatic rings. The van der Waals surface area contributed by atoms with Crippen LogP contribution < -0.4 is 16.2 Å². The van der Waals surface area contributed by atoms with E-state index in [9.17, 15) is 19.5 Å². The summed E-state index contributed by atoms with van der Waals surface area (Å²) in [6.07, 6.45) is 2.30. The van der Waals surface area contributed by atoms with Gasteiger partial charge in [0, 0.05) is 42.5 Å². The Morgan fingerprint density at radius 1 is 1.42 bits per heavy atom. The highest BCUT2D eigenvalue weighted by Gasteiger charge is 2.44. The van der Waals surface area contributed by atoms with Gasteiger partial charge in [-0.15, -0.1) is 0 Å². The fraction of sp³-hybridized carbons (Fsp3) is 0.455. The summed E-state index contributed by atoms with van der Waals surface area (Å²) in [5.41, 5.74) is -0.0476. The number of amides is 2. The summed E-state index contributed by atoms with van der Waals surface area (Å²) in [4.78, 5) is 44.1. The second-order valence-corrected chi connectivity index (χ2v) is 8.18. The van der Waals surface area contributed by atoms with Gasteiger partial charge in [-0.3, -0.25) is 19.3 Å². The van der Waals surface area contributed by atoms with E-state index < -0.39 is 29.3 Å². The second-order valence-electron chi connectivity index (χ2n) is 8.18. The third kappa shape index (κ3) is 6.13. The molecule has 11 heteroatoms. The number of carbonyl (C=O) groups is 2. The predicted molar refractivity (Wildman–Crippen MR) is 123 cm³/mol. The maximum atomic E-state index is 15.1. The third-order valence-corrected chi connectivity index (χ3v) is 5.74. The molecule has 1 saturated heterocycles. The van der Waals surface area contributed by atoms with E-state index in [0.29, 0.717) is 6.54 Å². The molecule has 2 atom stereocenters. The lowest BCUT2D eigenvalue weighted by Gasteiger charge is -2.31. The number of nitrogens with zero attached hydrogens (tertiary/aromatic N) is 2. The lowest BCUT2D eigenvalue weighted by Crippen LogP contribution is -2.45. The number of H-pyrrole nitrogens is 1. The number of alkyl halides is 2. The monoisotopic (exact) mass is 469 g/mol. The Hall–Kier alpha value is -3.34. The van der Waals surface area contributed by atoms with Gasteiger partial charge in [-0.2, -0.15) is 0 Å². The molecule has 0 aliphatic carbocycles. The molecule has 3 heterocycles. The highest BCUT2D eigenvalue weighted by Crippen LogP contribution is 2.40. The Labute approximate surface area is 193 Å². The van der Waals surface area contributed by atoms with Crippen LogP contribution in [0.4, 0.5) is 14.6 Å². The summed E-state index contributed by atoms with van der Waals surface area (Å²) in [7, 11) is 0. The number of hydrogen-bond acceptors (Lipinski definition) is 6. The molecule has 0 bridgehead atoms. The fourth-order valence-corrected chi connectivity index (χ4v) is 3.81. The van der Waals surface area contributed by atoms with Crippen molar-refractivity contribution in [3.63, 3.8) is 0 Å². The van der Waals surface area contributed by atoms with Gasteiger partial charge < -0.3 is 20.7 Å². The average Bonchev–Trinajstić information content (AvgIpc) is 2.92. The molecule has 3 rings (SSSR count). The third-order valence-electron chi connectivity index (χ3n) is 5.74. The van der Waals surface area contributed by atoms with Crippen LogP contribution in [0.3, 0.4) is 0 Å². The van der Waals surface area contributed by atoms with Gasteiger partial charge in [0.15, 0.2) is 0 Å². The van der Waals surface area contributed by atoms with E-state index >= 15 is 8.78 Å². The maximum absolute atomic E-state index is 15.1. The van der Waals surface area contributed by atoms with Crippen LogP contribution in [0.15, 0.2) is 35.4 Å². The molecule has 9 nitrogen and oxygen atoms in total. The standard InChI is InChI=1S/C22H27F2N5O4.3H2/c1-13(20(32)28-19-5-4-17(31)11-26-19)29-7-3-6-22(23,24)18(12-29)15-8-16(10-25-14(2)30)21(33)27-9-15;;;/h4-5,8-9,11,13,18,31H,3,6-7,10,12H2,1-2H3,(H,25,30)(H,27,33)(H,26,28,32);3*1H/t13-,18+;;;/m0.../s1. The number of aromatic amines is 1. The van der Waals surface area contributed by atoms with Gasteiger partial charge in [0.05, 0.1) is 18.2 Å². The molecule has 0 aromatic carbocycles. The molecule has 0 unspecified atom stereocenters. The summed E-state index contributed by atoms with van der Waals surface area (Å²) in [6.45, 7) is 3.06. The Bertz CT molecular complexity index is 1070. The van der Waals surface area contributed by atoms with Gasteiger partial charge in [-0.05, 0) is 43.7 Å². The first-order chi connectivity index (χ1) is 15.6. The van der Waals surface area contributed by atoms with Crippen LogP contribution >= 0.6 is 0 Å². The number of anilines is 1. The summed E-state index contributed by atoms with van der Waals surface area (Å²) < 4.78 is 30.1. The van der Waals surface area contributed by atoms with Crippen LogP contribution in [0.2, 0.25) is 0 Å². The number of rotatable bonds is 6. The second kappa shape index (κ2) is 10.1. The number of hydrogen-bond donors (Lipinski definition) is 4. The van der Waals surface area contributed by atoms with E-state index in [2.05, 4.69) is 20.6 Å². The minimum Gasteiger partial charge on any atom is -0.506 e. The van der Waals surface area contributed by atoms with Crippen molar-refractivity contribution in [2.45, 2.75) is 51.1 Å². The fourth-order valence-electron chi connectivity index (χ4n) is 3.81. The molecule has 184 valence electrons. The van der Waals surface area contributed by atoms with Crippen molar-refractivity contribution in [3.05, 3.63) is 52.1 Å². The van der Waals surface area contributed by atoms with Gasteiger partial charge in [-0.25, -0.2) is 13.8 Å². The number of carbonyl (C=O) groups excluding carboxylic acids is 2. The van der Waals surface area contributed by atoms with Crippen molar-refractivity contribution >= 4 is 17.6 Å².